The number of hydrogen-bond donors (Lipinski definition) is 1. The van der Waals surface area contributed by atoms with Gasteiger partial charge in [-0.1, -0.05) is 19.8 Å². The van der Waals surface area contributed by atoms with Gasteiger partial charge in [0, 0.05) is 11.1 Å². The predicted octanol–water partition coefficient (Wildman–Crippen LogP) is 3.34. The first-order valence-corrected chi connectivity index (χ1v) is 5.67. The summed E-state index contributed by atoms with van der Waals surface area (Å²) in [7, 11) is 0. The van der Waals surface area contributed by atoms with Gasteiger partial charge >= 0.3 is 0 Å². The van der Waals surface area contributed by atoms with Crippen LogP contribution in [0.5, 0.6) is 0 Å². The molecule has 0 aromatic heterocycles. The van der Waals surface area contributed by atoms with E-state index in [9.17, 15) is 9.18 Å². The van der Waals surface area contributed by atoms with Crippen molar-refractivity contribution >= 4 is 11.6 Å². The summed E-state index contributed by atoms with van der Waals surface area (Å²) in [5.74, 6) is -0.235. The third-order valence-corrected chi connectivity index (χ3v) is 3.36. The number of carbonyl (C=O) groups excluding carboxylic acids is 1. The Balaban J connectivity index is 2.04. The van der Waals surface area contributed by atoms with Gasteiger partial charge in [-0.2, -0.15) is 0 Å². The van der Waals surface area contributed by atoms with E-state index < -0.39 is 0 Å². The van der Waals surface area contributed by atoms with Gasteiger partial charge in [0.15, 0.2) is 0 Å². The fourth-order valence-corrected chi connectivity index (χ4v) is 2.20. The average Bonchev–Trinajstić information content (AvgIpc) is 2.70. The first kappa shape index (κ1) is 11.1. The van der Waals surface area contributed by atoms with Gasteiger partial charge in [-0.15, -0.1) is 0 Å². The molecule has 0 bridgehead atoms. The van der Waals surface area contributed by atoms with Crippen LogP contribution < -0.4 is 5.32 Å². The van der Waals surface area contributed by atoms with Gasteiger partial charge in [0.25, 0.3) is 0 Å². The summed E-state index contributed by atoms with van der Waals surface area (Å²) in [5, 5.41) is 2.85. The highest BCUT2D eigenvalue weighted by molar-refractivity contribution is 5.95. The Bertz CT molecular complexity index is 379. The van der Waals surface area contributed by atoms with Gasteiger partial charge < -0.3 is 5.32 Å². The lowest BCUT2D eigenvalue weighted by Crippen LogP contribution is -2.30. The zero-order valence-corrected chi connectivity index (χ0v) is 9.42. The van der Waals surface area contributed by atoms with Crippen LogP contribution in [0, 0.1) is 11.2 Å². The van der Waals surface area contributed by atoms with Crippen LogP contribution in [0.25, 0.3) is 0 Å². The molecule has 1 N–H and O–H groups in total. The lowest BCUT2D eigenvalue weighted by atomic mass is 9.88. The largest absolute Gasteiger partial charge is 0.326 e. The van der Waals surface area contributed by atoms with Crippen LogP contribution in [-0.4, -0.2) is 5.91 Å². The van der Waals surface area contributed by atoms with Crippen molar-refractivity contribution in [3.05, 3.63) is 30.1 Å². The summed E-state index contributed by atoms with van der Waals surface area (Å²) in [4.78, 5) is 12.0. The molecule has 3 heteroatoms. The fraction of sp³-hybridized carbons (Fsp3) is 0.462. The van der Waals surface area contributed by atoms with Crippen molar-refractivity contribution in [3.63, 3.8) is 0 Å². The Hall–Kier alpha value is -1.38. The Morgan fingerprint density at radius 1 is 1.25 bits per heavy atom. The second-order valence-electron chi connectivity index (χ2n) is 4.73. The quantitative estimate of drug-likeness (QED) is 0.815. The molecule has 1 amide bonds. The molecule has 1 aromatic rings. The molecule has 2 rings (SSSR count). The molecular weight excluding hydrogens is 205 g/mol. The van der Waals surface area contributed by atoms with E-state index in [1.165, 1.54) is 12.1 Å². The molecule has 0 saturated heterocycles. The molecule has 0 atom stereocenters. The van der Waals surface area contributed by atoms with E-state index in [2.05, 4.69) is 5.32 Å². The van der Waals surface area contributed by atoms with Crippen molar-refractivity contribution in [3.8, 4) is 0 Å². The topological polar surface area (TPSA) is 29.1 Å². The Morgan fingerprint density at radius 2 is 1.81 bits per heavy atom. The lowest BCUT2D eigenvalue weighted by molar-refractivity contribution is -0.124. The number of hydrogen-bond acceptors (Lipinski definition) is 1. The van der Waals surface area contributed by atoms with E-state index in [1.807, 2.05) is 6.92 Å². The summed E-state index contributed by atoms with van der Waals surface area (Å²) in [6.45, 7) is 2.00. The minimum absolute atomic E-state index is 0.0524. The van der Waals surface area contributed by atoms with Crippen molar-refractivity contribution in [2.24, 2.45) is 5.41 Å². The second-order valence-corrected chi connectivity index (χ2v) is 4.73. The number of amides is 1. The van der Waals surface area contributed by atoms with Gasteiger partial charge in [0.2, 0.25) is 5.91 Å². The van der Waals surface area contributed by atoms with Gasteiger partial charge in [-0.3, -0.25) is 4.79 Å². The number of benzene rings is 1. The molecule has 1 aromatic carbocycles. The van der Waals surface area contributed by atoms with E-state index in [0.717, 1.165) is 25.7 Å². The highest BCUT2D eigenvalue weighted by Gasteiger charge is 2.36. The van der Waals surface area contributed by atoms with Crippen molar-refractivity contribution in [1.29, 1.82) is 0 Å². The van der Waals surface area contributed by atoms with E-state index >= 15 is 0 Å². The van der Waals surface area contributed by atoms with Crippen LogP contribution in [0.4, 0.5) is 10.1 Å². The first-order chi connectivity index (χ1) is 7.60. The van der Waals surface area contributed by atoms with Gasteiger partial charge in [-0.25, -0.2) is 4.39 Å². The molecule has 1 aliphatic carbocycles. The minimum atomic E-state index is -0.287. The maximum Gasteiger partial charge on any atom is 0.230 e. The average molecular weight is 221 g/mol. The summed E-state index contributed by atoms with van der Waals surface area (Å²) in [5.41, 5.74) is 0.425. The number of halogens is 1. The third kappa shape index (κ3) is 2.23. The first-order valence-electron chi connectivity index (χ1n) is 5.67. The lowest BCUT2D eigenvalue weighted by Gasteiger charge is -2.22. The maximum atomic E-state index is 12.7. The molecule has 0 aliphatic heterocycles. The summed E-state index contributed by atoms with van der Waals surface area (Å²) < 4.78 is 12.7. The standard InChI is InChI=1S/C13H16FNO/c1-13(8-2-3-9-13)12(16)15-11-6-4-10(14)5-7-11/h4-7H,2-3,8-9H2,1H3,(H,15,16). The Morgan fingerprint density at radius 3 is 2.38 bits per heavy atom. The van der Waals surface area contributed by atoms with Crippen molar-refractivity contribution in [1.82, 2.24) is 0 Å². The Labute approximate surface area is 94.9 Å². The molecule has 86 valence electrons. The molecule has 0 spiro atoms. The summed E-state index contributed by atoms with van der Waals surface area (Å²) in [6, 6.07) is 5.89. The second kappa shape index (κ2) is 4.24. The van der Waals surface area contributed by atoms with Crippen molar-refractivity contribution in [2.45, 2.75) is 32.6 Å². The van der Waals surface area contributed by atoms with Crippen LogP contribution in [-0.2, 0) is 4.79 Å². The molecule has 1 fully saturated rings. The van der Waals surface area contributed by atoms with Gasteiger partial charge in [0.05, 0.1) is 0 Å². The van der Waals surface area contributed by atoms with Crippen LogP contribution in [0.15, 0.2) is 24.3 Å². The third-order valence-electron chi connectivity index (χ3n) is 3.36. The van der Waals surface area contributed by atoms with E-state index in [1.54, 1.807) is 12.1 Å². The molecule has 1 saturated carbocycles. The van der Waals surface area contributed by atoms with Gasteiger partial charge in [-0.05, 0) is 37.1 Å². The highest BCUT2D eigenvalue weighted by Crippen LogP contribution is 2.38. The van der Waals surface area contributed by atoms with E-state index in [4.69, 9.17) is 0 Å². The summed E-state index contributed by atoms with van der Waals surface area (Å²) >= 11 is 0. The number of carbonyl (C=O) groups is 1. The Kier molecular flexibility index (Phi) is 2.95. The molecule has 2 nitrogen and oxygen atoms in total. The predicted molar refractivity (Wildman–Crippen MR) is 61.6 cm³/mol. The number of anilines is 1. The van der Waals surface area contributed by atoms with Crippen molar-refractivity contribution in [2.75, 3.05) is 5.32 Å². The maximum absolute atomic E-state index is 12.7. The monoisotopic (exact) mass is 221 g/mol. The summed E-state index contributed by atoms with van der Waals surface area (Å²) in [6.07, 6.45) is 4.13. The number of rotatable bonds is 2. The fourth-order valence-electron chi connectivity index (χ4n) is 2.20. The minimum Gasteiger partial charge on any atom is -0.326 e. The van der Waals surface area contributed by atoms with Crippen LogP contribution in [0.1, 0.15) is 32.6 Å². The van der Waals surface area contributed by atoms with E-state index in [0.29, 0.717) is 5.69 Å². The van der Waals surface area contributed by atoms with Crippen LogP contribution in [0.2, 0.25) is 0 Å². The molecular formula is C13H16FNO. The zero-order valence-electron chi connectivity index (χ0n) is 9.42. The highest BCUT2D eigenvalue weighted by atomic mass is 19.1. The zero-order chi connectivity index (χ0) is 11.6. The normalized spacial score (nSPS) is 18.4. The van der Waals surface area contributed by atoms with E-state index in [-0.39, 0.29) is 17.1 Å². The van der Waals surface area contributed by atoms with Crippen LogP contribution in [0.3, 0.4) is 0 Å². The SMILES string of the molecule is CC1(C(=O)Nc2ccc(F)cc2)CCCC1. The molecule has 1 aliphatic rings. The van der Waals surface area contributed by atoms with Gasteiger partial charge in [0.1, 0.15) is 5.82 Å². The molecule has 16 heavy (non-hydrogen) atoms. The molecule has 0 unspecified atom stereocenters. The number of nitrogens with one attached hydrogen (secondary N) is 1. The molecule has 0 heterocycles. The smallest absolute Gasteiger partial charge is 0.230 e. The molecule has 0 radical (unpaired) electrons. The van der Waals surface area contributed by atoms with Crippen molar-refractivity contribution < 1.29 is 9.18 Å². The van der Waals surface area contributed by atoms with Crippen LogP contribution >= 0.6 is 0 Å².